The summed E-state index contributed by atoms with van der Waals surface area (Å²) < 4.78 is 1.82. The van der Waals surface area contributed by atoms with E-state index in [-0.39, 0.29) is 18.4 Å². The third-order valence-electron chi connectivity index (χ3n) is 5.90. The van der Waals surface area contributed by atoms with Gasteiger partial charge in [0.05, 0.1) is 17.8 Å². The molecular weight excluding hydrogens is 448 g/mol. The predicted octanol–water partition coefficient (Wildman–Crippen LogP) is 4.31. The fourth-order valence-corrected chi connectivity index (χ4v) is 4.41. The second-order valence-corrected chi connectivity index (χ2v) is 8.80. The summed E-state index contributed by atoms with van der Waals surface area (Å²) in [5.74, 6) is 0.680. The summed E-state index contributed by atoms with van der Waals surface area (Å²) in [5, 5.41) is 8.67. The Hall–Kier alpha value is -3.71. The van der Waals surface area contributed by atoms with Gasteiger partial charge < -0.3 is 10.2 Å². The molecule has 1 aliphatic heterocycles. The smallest absolute Gasteiger partial charge is 0.225 e. The van der Waals surface area contributed by atoms with Crippen molar-refractivity contribution >= 4 is 23.5 Å². The second-order valence-electron chi connectivity index (χ2n) is 8.37. The maximum Gasteiger partial charge on any atom is 0.225 e. The number of anilines is 1. The van der Waals surface area contributed by atoms with Gasteiger partial charge in [-0.05, 0) is 43.2 Å². The number of nitrogens with one attached hydrogen (secondary N) is 1. The Bertz CT molecular complexity index is 1240. The van der Waals surface area contributed by atoms with E-state index >= 15 is 0 Å². The summed E-state index contributed by atoms with van der Waals surface area (Å²) in [4.78, 5) is 23.9. The fourth-order valence-electron chi connectivity index (χ4n) is 4.29. The average molecular weight is 473 g/mol. The molecule has 1 aliphatic rings. The summed E-state index contributed by atoms with van der Waals surface area (Å²) >= 11 is 6.09. The number of carbonyl (C=O) groups excluding carboxylic acids is 1. The van der Waals surface area contributed by atoms with Gasteiger partial charge in [-0.2, -0.15) is 5.10 Å². The highest BCUT2D eigenvalue weighted by atomic mass is 35.5. The van der Waals surface area contributed by atoms with Crippen molar-refractivity contribution < 1.29 is 4.79 Å². The standard InChI is InChI=1S/C26H25ClN6O/c27-21-11-9-19(10-12-21)25-20(17-33(31-25)23-7-2-1-3-8-23)16-24(34)30-22-6-4-15-32(18-22)26-28-13-5-14-29-26/h1-3,5,7-14,17,22H,4,6,15-16,18H2,(H,30,34). The molecule has 0 saturated carbocycles. The van der Waals surface area contributed by atoms with Gasteiger partial charge in [0.1, 0.15) is 0 Å². The van der Waals surface area contributed by atoms with Gasteiger partial charge in [0.15, 0.2) is 0 Å². The first kappa shape index (κ1) is 22.1. The minimum Gasteiger partial charge on any atom is -0.351 e. The van der Waals surface area contributed by atoms with E-state index in [1.165, 1.54) is 0 Å². The Kier molecular flexibility index (Phi) is 6.53. The number of amides is 1. The minimum atomic E-state index is -0.0244. The van der Waals surface area contributed by atoms with E-state index in [2.05, 4.69) is 20.2 Å². The van der Waals surface area contributed by atoms with Crippen molar-refractivity contribution in [2.24, 2.45) is 0 Å². The Morgan fingerprint density at radius 2 is 1.79 bits per heavy atom. The monoisotopic (exact) mass is 472 g/mol. The van der Waals surface area contributed by atoms with E-state index in [1.54, 1.807) is 18.5 Å². The molecule has 2 aromatic carbocycles. The van der Waals surface area contributed by atoms with Gasteiger partial charge >= 0.3 is 0 Å². The molecule has 0 aliphatic carbocycles. The minimum absolute atomic E-state index is 0.0244. The number of nitrogens with zero attached hydrogens (tertiary/aromatic N) is 5. The Morgan fingerprint density at radius 1 is 1.03 bits per heavy atom. The first-order valence-electron chi connectivity index (χ1n) is 11.4. The first-order valence-corrected chi connectivity index (χ1v) is 11.7. The van der Waals surface area contributed by atoms with Crippen molar-refractivity contribution in [2.75, 3.05) is 18.0 Å². The van der Waals surface area contributed by atoms with Crippen LogP contribution in [0.15, 0.2) is 79.3 Å². The van der Waals surface area contributed by atoms with Crippen LogP contribution in [-0.2, 0) is 11.2 Å². The van der Waals surface area contributed by atoms with Gasteiger partial charge in [0.25, 0.3) is 0 Å². The molecule has 0 bridgehead atoms. The molecule has 8 heteroatoms. The van der Waals surface area contributed by atoms with E-state index in [0.717, 1.165) is 41.9 Å². The van der Waals surface area contributed by atoms with Gasteiger partial charge in [-0.25, -0.2) is 14.6 Å². The number of carbonyl (C=O) groups is 1. The van der Waals surface area contributed by atoms with E-state index in [0.29, 0.717) is 17.5 Å². The predicted molar refractivity (Wildman–Crippen MR) is 133 cm³/mol. The van der Waals surface area contributed by atoms with Crippen molar-refractivity contribution in [3.63, 3.8) is 0 Å². The summed E-state index contributed by atoms with van der Waals surface area (Å²) in [6.45, 7) is 1.59. The van der Waals surface area contributed by atoms with Crippen LogP contribution in [0.2, 0.25) is 5.02 Å². The fraction of sp³-hybridized carbons (Fsp3) is 0.231. The number of halogens is 1. The molecule has 1 saturated heterocycles. The quantitative estimate of drug-likeness (QED) is 0.452. The van der Waals surface area contributed by atoms with Crippen LogP contribution in [0.4, 0.5) is 5.95 Å². The molecule has 1 amide bonds. The largest absolute Gasteiger partial charge is 0.351 e. The Balaban J connectivity index is 1.34. The molecule has 4 aromatic rings. The summed E-state index contributed by atoms with van der Waals surface area (Å²) in [5.41, 5.74) is 3.50. The van der Waals surface area contributed by atoms with Crippen LogP contribution >= 0.6 is 11.6 Å². The third-order valence-corrected chi connectivity index (χ3v) is 6.15. The molecular formula is C26H25ClN6O. The van der Waals surface area contributed by atoms with Gasteiger partial charge in [-0.15, -0.1) is 0 Å². The molecule has 0 radical (unpaired) electrons. The van der Waals surface area contributed by atoms with Crippen molar-refractivity contribution in [1.29, 1.82) is 0 Å². The topological polar surface area (TPSA) is 75.9 Å². The maximum atomic E-state index is 13.1. The molecule has 3 heterocycles. The van der Waals surface area contributed by atoms with Gasteiger partial charge in [-0.3, -0.25) is 4.79 Å². The number of benzene rings is 2. The molecule has 2 aromatic heterocycles. The van der Waals surface area contributed by atoms with Crippen molar-refractivity contribution in [3.8, 4) is 16.9 Å². The van der Waals surface area contributed by atoms with Crippen molar-refractivity contribution in [1.82, 2.24) is 25.1 Å². The molecule has 5 rings (SSSR count). The van der Waals surface area contributed by atoms with Crippen LogP contribution < -0.4 is 10.2 Å². The summed E-state index contributed by atoms with van der Waals surface area (Å²) in [6.07, 6.45) is 7.57. The van der Waals surface area contributed by atoms with Crippen LogP contribution in [0.3, 0.4) is 0 Å². The number of hydrogen-bond acceptors (Lipinski definition) is 5. The number of para-hydroxylation sites is 1. The second kappa shape index (κ2) is 10.1. The third kappa shape index (κ3) is 5.10. The lowest BCUT2D eigenvalue weighted by atomic mass is 10.0. The normalized spacial score (nSPS) is 15.8. The highest BCUT2D eigenvalue weighted by Crippen LogP contribution is 2.26. The molecule has 172 valence electrons. The number of hydrogen-bond donors (Lipinski definition) is 1. The van der Waals surface area contributed by atoms with Crippen LogP contribution in [0, 0.1) is 0 Å². The van der Waals surface area contributed by atoms with Crippen molar-refractivity contribution in [3.05, 3.63) is 89.8 Å². The van der Waals surface area contributed by atoms with Crippen LogP contribution in [-0.4, -0.2) is 44.8 Å². The van der Waals surface area contributed by atoms with Crippen molar-refractivity contribution in [2.45, 2.75) is 25.3 Å². The van der Waals surface area contributed by atoms with Crippen LogP contribution in [0.1, 0.15) is 18.4 Å². The van der Waals surface area contributed by atoms with Gasteiger partial charge in [-0.1, -0.05) is 41.9 Å². The highest BCUT2D eigenvalue weighted by molar-refractivity contribution is 6.30. The van der Waals surface area contributed by atoms with Gasteiger partial charge in [0, 0.05) is 53.9 Å². The number of piperidine rings is 1. The van der Waals surface area contributed by atoms with E-state index in [1.807, 2.05) is 65.5 Å². The van der Waals surface area contributed by atoms with E-state index in [4.69, 9.17) is 16.7 Å². The lowest BCUT2D eigenvalue weighted by Gasteiger charge is -2.33. The molecule has 1 atom stereocenters. The zero-order chi connectivity index (χ0) is 23.3. The lowest BCUT2D eigenvalue weighted by Crippen LogP contribution is -2.48. The Labute approximate surface area is 203 Å². The lowest BCUT2D eigenvalue weighted by molar-refractivity contribution is -0.121. The SMILES string of the molecule is O=C(Cc1cn(-c2ccccc2)nc1-c1ccc(Cl)cc1)NC1CCCN(c2ncccn2)C1. The zero-order valence-electron chi connectivity index (χ0n) is 18.6. The molecule has 1 N–H and O–H groups in total. The molecule has 0 spiro atoms. The van der Waals surface area contributed by atoms with Gasteiger partial charge in [0.2, 0.25) is 11.9 Å². The first-order chi connectivity index (χ1) is 16.7. The number of rotatable bonds is 6. The average Bonchev–Trinajstić information content (AvgIpc) is 3.29. The highest BCUT2D eigenvalue weighted by Gasteiger charge is 2.24. The number of aromatic nitrogens is 4. The zero-order valence-corrected chi connectivity index (χ0v) is 19.4. The molecule has 1 fully saturated rings. The van der Waals surface area contributed by atoms with E-state index < -0.39 is 0 Å². The summed E-state index contributed by atoms with van der Waals surface area (Å²) in [6, 6.07) is 19.3. The summed E-state index contributed by atoms with van der Waals surface area (Å²) in [7, 11) is 0. The van der Waals surface area contributed by atoms with Crippen LogP contribution in [0.25, 0.3) is 16.9 Å². The molecule has 7 nitrogen and oxygen atoms in total. The maximum absolute atomic E-state index is 13.1. The van der Waals surface area contributed by atoms with E-state index in [9.17, 15) is 4.79 Å². The Morgan fingerprint density at radius 3 is 2.56 bits per heavy atom. The molecule has 34 heavy (non-hydrogen) atoms. The molecule has 1 unspecified atom stereocenters. The van der Waals surface area contributed by atoms with Crippen LogP contribution in [0.5, 0.6) is 0 Å².